The zero-order chi connectivity index (χ0) is 13.8. The molecule has 0 heterocycles. The van der Waals surface area contributed by atoms with Crippen molar-refractivity contribution in [3.8, 4) is 5.75 Å². The fourth-order valence-corrected chi connectivity index (χ4v) is 2.96. The molecule has 0 aliphatic heterocycles. The van der Waals surface area contributed by atoms with Crippen LogP contribution in [-0.2, 0) is 0 Å². The summed E-state index contributed by atoms with van der Waals surface area (Å²) in [6.45, 7) is 1.69. The molecule has 2 aromatic carbocycles. The lowest BCUT2D eigenvalue weighted by atomic mass is 10.1. The molecule has 19 heavy (non-hydrogen) atoms. The summed E-state index contributed by atoms with van der Waals surface area (Å²) >= 11 is 1.41. The van der Waals surface area contributed by atoms with Crippen LogP contribution in [0, 0.1) is 5.82 Å². The zero-order valence-corrected chi connectivity index (χ0v) is 11.6. The third-order valence-electron chi connectivity index (χ3n) is 2.69. The third-order valence-corrected chi connectivity index (χ3v) is 3.75. The van der Waals surface area contributed by atoms with E-state index in [2.05, 4.69) is 0 Å². The fraction of sp³-hybridized carbons (Fsp3) is 0.200. The summed E-state index contributed by atoms with van der Waals surface area (Å²) < 4.78 is 18.4. The van der Waals surface area contributed by atoms with Crippen molar-refractivity contribution in [2.75, 3.05) is 7.11 Å². The van der Waals surface area contributed by atoms with E-state index < -0.39 is 6.10 Å². The Balaban J connectivity index is 2.39. The lowest BCUT2D eigenvalue weighted by molar-refractivity contribution is 0.191. The number of hydrogen-bond donors (Lipinski definition) is 1. The Morgan fingerprint density at radius 3 is 2.58 bits per heavy atom. The summed E-state index contributed by atoms with van der Waals surface area (Å²) in [5.41, 5.74) is 0.722. The molecule has 1 unspecified atom stereocenters. The van der Waals surface area contributed by atoms with E-state index in [1.54, 1.807) is 26.2 Å². The zero-order valence-electron chi connectivity index (χ0n) is 10.8. The Morgan fingerprint density at radius 2 is 1.95 bits per heavy atom. The summed E-state index contributed by atoms with van der Waals surface area (Å²) in [6.07, 6.45) is -0.646. The molecular formula is C15H15FO2S. The molecule has 1 N–H and O–H groups in total. The van der Waals surface area contributed by atoms with E-state index in [-0.39, 0.29) is 5.82 Å². The van der Waals surface area contributed by atoms with Gasteiger partial charge in [0.15, 0.2) is 0 Å². The monoisotopic (exact) mass is 278 g/mol. The number of benzene rings is 2. The molecule has 0 aromatic heterocycles. The van der Waals surface area contributed by atoms with Gasteiger partial charge in [0.05, 0.1) is 13.2 Å². The minimum Gasteiger partial charge on any atom is -0.496 e. The van der Waals surface area contributed by atoms with Crippen LogP contribution in [0.1, 0.15) is 18.6 Å². The van der Waals surface area contributed by atoms with E-state index in [4.69, 9.17) is 4.74 Å². The smallest absolute Gasteiger partial charge is 0.125 e. The van der Waals surface area contributed by atoms with Gasteiger partial charge in [-0.1, -0.05) is 23.9 Å². The molecule has 0 aliphatic rings. The molecular weight excluding hydrogens is 263 g/mol. The van der Waals surface area contributed by atoms with Crippen molar-refractivity contribution in [1.82, 2.24) is 0 Å². The Kier molecular flexibility index (Phi) is 4.45. The van der Waals surface area contributed by atoms with Gasteiger partial charge in [0.25, 0.3) is 0 Å². The lowest BCUT2D eigenvalue weighted by Gasteiger charge is -2.15. The Hall–Kier alpha value is -1.52. The second kappa shape index (κ2) is 6.08. The van der Waals surface area contributed by atoms with Crippen LogP contribution in [0.4, 0.5) is 4.39 Å². The Labute approximate surface area is 116 Å². The molecule has 0 radical (unpaired) electrons. The van der Waals surface area contributed by atoms with Gasteiger partial charge in [0.1, 0.15) is 11.6 Å². The first-order valence-electron chi connectivity index (χ1n) is 5.90. The molecule has 0 aliphatic carbocycles. The van der Waals surface area contributed by atoms with E-state index in [0.29, 0.717) is 5.75 Å². The summed E-state index contributed by atoms with van der Waals surface area (Å²) in [7, 11) is 1.57. The van der Waals surface area contributed by atoms with Crippen LogP contribution in [-0.4, -0.2) is 12.2 Å². The molecule has 2 aromatic rings. The van der Waals surface area contributed by atoms with E-state index in [1.165, 1.54) is 23.9 Å². The van der Waals surface area contributed by atoms with E-state index >= 15 is 0 Å². The minimum absolute atomic E-state index is 0.272. The molecule has 0 saturated carbocycles. The fourth-order valence-electron chi connectivity index (χ4n) is 1.86. The summed E-state index contributed by atoms with van der Waals surface area (Å²) in [5.74, 6) is 0.364. The molecule has 0 bridgehead atoms. The van der Waals surface area contributed by atoms with Crippen molar-refractivity contribution in [1.29, 1.82) is 0 Å². The third kappa shape index (κ3) is 3.28. The van der Waals surface area contributed by atoms with Gasteiger partial charge in [0, 0.05) is 15.4 Å². The number of hydrogen-bond acceptors (Lipinski definition) is 3. The van der Waals surface area contributed by atoms with E-state index in [1.807, 2.05) is 18.2 Å². The summed E-state index contributed by atoms with van der Waals surface area (Å²) in [4.78, 5) is 1.65. The van der Waals surface area contributed by atoms with Crippen molar-refractivity contribution in [3.05, 3.63) is 53.8 Å². The highest BCUT2D eigenvalue weighted by atomic mass is 32.2. The molecule has 0 amide bonds. The average Bonchev–Trinajstić information content (AvgIpc) is 2.38. The topological polar surface area (TPSA) is 29.5 Å². The van der Waals surface area contributed by atoms with Gasteiger partial charge in [-0.2, -0.15) is 0 Å². The molecule has 4 heteroatoms. The maximum Gasteiger partial charge on any atom is 0.125 e. The van der Waals surface area contributed by atoms with Crippen LogP contribution < -0.4 is 4.74 Å². The standard InChI is InChI=1S/C15H15FO2S/c1-10(17)15-13(18-2)7-4-8-14(15)19-12-6-3-5-11(16)9-12/h3-10,17H,1-2H3. The molecule has 0 saturated heterocycles. The molecule has 1 atom stereocenters. The van der Waals surface area contributed by atoms with Gasteiger partial charge in [-0.3, -0.25) is 0 Å². The quantitative estimate of drug-likeness (QED) is 0.915. The minimum atomic E-state index is -0.646. The van der Waals surface area contributed by atoms with Crippen LogP contribution in [0.15, 0.2) is 52.3 Å². The van der Waals surface area contributed by atoms with Crippen molar-refractivity contribution >= 4 is 11.8 Å². The second-order valence-corrected chi connectivity index (χ2v) is 5.22. The first kappa shape index (κ1) is 13.9. The van der Waals surface area contributed by atoms with Crippen molar-refractivity contribution in [3.63, 3.8) is 0 Å². The number of ether oxygens (including phenoxy) is 1. The predicted molar refractivity (Wildman–Crippen MR) is 74.2 cm³/mol. The van der Waals surface area contributed by atoms with E-state index in [9.17, 15) is 9.50 Å². The maximum atomic E-state index is 13.2. The highest BCUT2D eigenvalue weighted by Gasteiger charge is 2.15. The predicted octanol–water partition coefficient (Wildman–Crippen LogP) is 4.04. The van der Waals surface area contributed by atoms with E-state index in [0.717, 1.165) is 15.4 Å². The van der Waals surface area contributed by atoms with Crippen molar-refractivity contribution in [2.24, 2.45) is 0 Å². The number of methoxy groups -OCH3 is 1. The average molecular weight is 278 g/mol. The number of halogens is 1. The maximum absolute atomic E-state index is 13.2. The molecule has 0 spiro atoms. The molecule has 2 rings (SSSR count). The lowest BCUT2D eigenvalue weighted by Crippen LogP contribution is -1.98. The van der Waals surface area contributed by atoms with Gasteiger partial charge in [-0.25, -0.2) is 4.39 Å². The second-order valence-electron chi connectivity index (χ2n) is 4.11. The molecule has 100 valence electrons. The van der Waals surface area contributed by atoms with Crippen LogP contribution in [0.25, 0.3) is 0 Å². The summed E-state index contributed by atoms with van der Waals surface area (Å²) in [6, 6.07) is 11.9. The Morgan fingerprint density at radius 1 is 1.21 bits per heavy atom. The highest BCUT2D eigenvalue weighted by molar-refractivity contribution is 7.99. The van der Waals surface area contributed by atoms with Crippen LogP contribution in [0.2, 0.25) is 0 Å². The SMILES string of the molecule is COc1cccc(Sc2cccc(F)c2)c1C(C)O. The van der Waals surface area contributed by atoms with Crippen molar-refractivity contribution < 1.29 is 14.2 Å². The Bertz CT molecular complexity index is 570. The van der Waals surface area contributed by atoms with Gasteiger partial charge < -0.3 is 9.84 Å². The first-order valence-corrected chi connectivity index (χ1v) is 6.72. The van der Waals surface area contributed by atoms with Gasteiger partial charge in [0.2, 0.25) is 0 Å². The van der Waals surface area contributed by atoms with Crippen LogP contribution >= 0.6 is 11.8 Å². The number of aliphatic hydroxyl groups excluding tert-OH is 1. The normalized spacial score (nSPS) is 12.2. The largest absolute Gasteiger partial charge is 0.496 e. The summed E-state index contributed by atoms with van der Waals surface area (Å²) in [5, 5.41) is 9.88. The number of aliphatic hydroxyl groups is 1. The van der Waals surface area contributed by atoms with Gasteiger partial charge in [-0.15, -0.1) is 0 Å². The number of rotatable bonds is 4. The van der Waals surface area contributed by atoms with Gasteiger partial charge in [-0.05, 0) is 37.3 Å². The van der Waals surface area contributed by atoms with Gasteiger partial charge >= 0.3 is 0 Å². The first-order chi connectivity index (χ1) is 9.11. The van der Waals surface area contributed by atoms with Crippen molar-refractivity contribution in [2.45, 2.75) is 22.8 Å². The highest BCUT2D eigenvalue weighted by Crippen LogP contribution is 2.38. The van der Waals surface area contributed by atoms with Crippen LogP contribution in [0.5, 0.6) is 5.75 Å². The molecule has 0 fully saturated rings. The van der Waals surface area contributed by atoms with Crippen LogP contribution in [0.3, 0.4) is 0 Å². The molecule has 2 nitrogen and oxygen atoms in total.